The number of hydrogen-bond donors (Lipinski definition) is 1. The Kier molecular flexibility index (Phi) is 3.44. The highest BCUT2D eigenvalue weighted by atomic mass is 16.3. The molecule has 0 unspecified atom stereocenters. The number of aryl methyl sites for hydroxylation is 1. The Bertz CT molecular complexity index is 448. The molecule has 0 atom stereocenters. The number of nitrogens with zero attached hydrogens (tertiary/aromatic N) is 1. The van der Waals surface area contributed by atoms with Crippen LogP contribution in [0.3, 0.4) is 0 Å². The van der Waals surface area contributed by atoms with Crippen LogP contribution in [0.25, 0.3) is 0 Å². The molecule has 3 heteroatoms. The highest BCUT2D eigenvalue weighted by molar-refractivity contribution is 5.80. The molecule has 1 saturated heterocycles. The first-order valence-electron chi connectivity index (χ1n) is 6.46. The Labute approximate surface area is 108 Å². The quantitative estimate of drug-likeness (QED) is 0.884. The van der Waals surface area contributed by atoms with Crippen molar-refractivity contribution in [3.8, 4) is 0 Å². The Morgan fingerprint density at radius 1 is 1.44 bits per heavy atom. The van der Waals surface area contributed by atoms with Crippen LogP contribution in [-0.4, -0.2) is 34.6 Å². The molecule has 18 heavy (non-hydrogen) atoms. The molecule has 1 N–H and O–H groups in total. The number of amides is 1. The van der Waals surface area contributed by atoms with Gasteiger partial charge in [0, 0.05) is 0 Å². The van der Waals surface area contributed by atoms with Crippen LogP contribution in [0.1, 0.15) is 25.0 Å². The number of rotatable bonds is 3. The zero-order valence-corrected chi connectivity index (χ0v) is 11.3. The van der Waals surface area contributed by atoms with E-state index < -0.39 is 5.60 Å². The van der Waals surface area contributed by atoms with Gasteiger partial charge in [-0.15, -0.1) is 0 Å². The van der Waals surface area contributed by atoms with Gasteiger partial charge in [-0.3, -0.25) is 4.79 Å². The zero-order valence-electron chi connectivity index (χ0n) is 11.3. The van der Waals surface area contributed by atoms with Crippen LogP contribution in [0.15, 0.2) is 24.3 Å². The van der Waals surface area contributed by atoms with Gasteiger partial charge in [0.25, 0.3) is 0 Å². The van der Waals surface area contributed by atoms with E-state index in [0.717, 1.165) is 5.56 Å². The summed E-state index contributed by atoms with van der Waals surface area (Å²) in [6, 6.07) is 8.00. The van der Waals surface area contributed by atoms with Gasteiger partial charge in [-0.05, 0) is 18.4 Å². The SMILES string of the molecule is Cc1cccc(CC(=O)N2CC(O)(C(C)C)C2)c1. The molecule has 0 aromatic heterocycles. The maximum absolute atomic E-state index is 12.0. The molecule has 3 nitrogen and oxygen atoms in total. The maximum atomic E-state index is 12.0. The molecule has 0 spiro atoms. The summed E-state index contributed by atoms with van der Waals surface area (Å²) < 4.78 is 0. The van der Waals surface area contributed by atoms with Crippen molar-refractivity contribution >= 4 is 5.91 Å². The number of aliphatic hydroxyl groups is 1. The van der Waals surface area contributed by atoms with E-state index in [2.05, 4.69) is 0 Å². The third-order valence-electron chi connectivity index (χ3n) is 3.79. The fraction of sp³-hybridized carbons (Fsp3) is 0.533. The van der Waals surface area contributed by atoms with Gasteiger partial charge in [0.15, 0.2) is 0 Å². The second-order valence-corrected chi connectivity index (χ2v) is 5.67. The topological polar surface area (TPSA) is 40.5 Å². The molecule has 1 heterocycles. The van der Waals surface area contributed by atoms with Gasteiger partial charge in [0.2, 0.25) is 5.91 Å². The molecule has 1 amide bonds. The molecule has 2 rings (SSSR count). The first kappa shape index (κ1) is 13.1. The fourth-order valence-corrected chi connectivity index (χ4v) is 2.26. The summed E-state index contributed by atoms with van der Waals surface area (Å²) >= 11 is 0. The lowest BCUT2D eigenvalue weighted by molar-refractivity contribution is -0.163. The third kappa shape index (κ3) is 2.56. The van der Waals surface area contributed by atoms with E-state index in [4.69, 9.17) is 0 Å². The summed E-state index contributed by atoms with van der Waals surface area (Å²) in [4.78, 5) is 13.8. The van der Waals surface area contributed by atoms with Crippen molar-refractivity contribution in [2.45, 2.75) is 32.8 Å². The van der Waals surface area contributed by atoms with Crippen LogP contribution in [0.2, 0.25) is 0 Å². The van der Waals surface area contributed by atoms with Gasteiger partial charge in [-0.2, -0.15) is 0 Å². The van der Waals surface area contributed by atoms with Crippen molar-refractivity contribution in [1.29, 1.82) is 0 Å². The van der Waals surface area contributed by atoms with Crippen LogP contribution >= 0.6 is 0 Å². The highest BCUT2D eigenvalue weighted by Crippen LogP contribution is 2.28. The lowest BCUT2D eigenvalue weighted by atomic mass is 9.82. The smallest absolute Gasteiger partial charge is 0.227 e. The normalized spacial score (nSPS) is 17.7. The van der Waals surface area contributed by atoms with E-state index in [9.17, 15) is 9.90 Å². The predicted octanol–water partition coefficient (Wildman–Crippen LogP) is 1.77. The number of benzene rings is 1. The maximum Gasteiger partial charge on any atom is 0.227 e. The summed E-state index contributed by atoms with van der Waals surface area (Å²) in [6.07, 6.45) is 0.426. The molecule has 1 fully saturated rings. The van der Waals surface area contributed by atoms with Gasteiger partial charge in [-0.1, -0.05) is 43.7 Å². The van der Waals surface area contributed by atoms with Crippen LogP contribution in [-0.2, 0) is 11.2 Å². The van der Waals surface area contributed by atoms with Gasteiger partial charge in [0.1, 0.15) is 5.60 Å². The standard InChI is InChI=1S/C15H21NO2/c1-11(2)15(18)9-16(10-15)14(17)8-13-6-4-5-12(3)7-13/h4-7,11,18H,8-10H2,1-3H3. The lowest BCUT2D eigenvalue weighted by Crippen LogP contribution is -2.66. The molecule has 1 aromatic carbocycles. The fourth-order valence-electron chi connectivity index (χ4n) is 2.26. The summed E-state index contributed by atoms with van der Waals surface area (Å²) in [6.45, 7) is 6.94. The first-order chi connectivity index (χ1) is 8.40. The van der Waals surface area contributed by atoms with Gasteiger partial charge in [0.05, 0.1) is 19.5 Å². The molecule has 0 aliphatic carbocycles. The predicted molar refractivity (Wildman–Crippen MR) is 71.3 cm³/mol. The van der Waals surface area contributed by atoms with Crippen LogP contribution < -0.4 is 0 Å². The molecule has 98 valence electrons. The van der Waals surface area contributed by atoms with Crippen LogP contribution in [0.4, 0.5) is 0 Å². The van der Waals surface area contributed by atoms with Crippen molar-refractivity contribution in [2.75, 3.05) is 13.1 Å². The summed E-state index contributed by atoms with van der Waals surface area (Å²) in [7, 11) is 0. The lowest BCUT2D eigenvalue weighted by Gasteiger charge is -2.49. The number of carbonyl (C=O) groups excluding carboxylic acids is 1. The first-order valence-corrected chi connectivity index (χ1v) is 6.46. The minimum Gasteiger partial charge on any atom is -0.386 e. The number of hydrogen-bond acceptors (Lipinski definition) is 2. The number of carbonyl (C=O) groups is 1. The molecule has 1 aromatic rings. The molecular weight excluding hydrogens is 226 g/mol. The van der Waals surface area contributed by atoms with E-state index in [1.807, 2.05) is 45.0 Å². The Morgan fingerprint density at radius 3 is 2.67 bits per heavy atom. The van der Waals surface area contributed by atoms with E-state index in [0.29, 0.717) is 19.5 Å². The van der Waals surface area contributed by atoms with E-state index >= 15 is 0 Å². The highest BCUT2D eigenvalue weighted by Gasteiger charge is 2.45. The molecular formula is C15H21NO2. The Hall–Kier alpha value is -1.35. The third-order valence-corrected chi connectivity index (χ3v) is 3.79. The van der Waals surface area contributed by atoms with Crippen LogP contribution in [0.5, 0.6) is 0 Å². The Balaban J connectivity index is 1.92. The zero-order chi connectivity index (χ0) is 13.3. The summed E-state index contributed by atoms with van der Waals surface area (Å²) in [5, 5.41) is 10.1. The van der Waals surface area contributed by atoms with Crippen molar-refractivity contribution < 1.29 is 9.90 Å². The largest absolute Gasteiger partial charge is 0.386 e. The van der Waals surface area contributed by atoms with Gasteiger partial charge >= 0.3 is 0 Å². The minimum atomic E-state index is -0.678. The van der Waals surface area contributed by atoms with Crippen molar-refractivity contribution in [3.05, 3.63) is 35.4 Å². The average molecular weight is 247 g/mol. The van der Waals surface area contributed by atoms with Crippen LogP contribution in [0, 0.1) is 12.8 Å². The van der Waals surface area contributed by atoms with Gasteiger partial charge in [-0.25, -0.2) is 0 Å². The Morgan fingerprint density at radius 2 is 2.11 bits per heavy atom. The molecule has 1 aliphatic heterocycles. The number of β-amino-alcohol motifs (C(OH)–C–C–N with tert-alkyl or cyclic N) is 1. The van der Waals surface area contributed by atoms with E-state index in [1.54, 1.807) is 4.90 Å². The summed E-state index contributed by atoms with van der Waals surface area (Å²) in [5.41, 5.74) is 1.53. The molecule has 0 saturated carbocycles. The molecule has 0 radical (unpaired) electrons. The van der Waals surface area contributed by atoms with Gasteiger partial charge < -0.3 is 10.0 Å². The summed E-state index contributed by atoms with van der Waals surface area (Å²) in [5.74, 6) is 0.298. The second-order valence-electron chi connectivity index (χ2n) is 5.67. The monoisotopic (exact) mass is 247 g/mol. The number of likely N-dealkylation sites (tertiary alicyclic amines) is 1. The minimum absolute atomic E-state index is 0.103. The molecule has 1 aliphatic rings. The van der Waals surface area contributed by atoms with E-state index in [-0.39, 0.29) is 11.8 Å². The van der Waals surface area contributed by atoms with Crippen molar-refractivity contribution in [2.24, 2.45) is 5.92 Å². The van der Waals surface area contributed by atoms with Crippen molar-refractivity contribution in [1.82, 2.24) is 4.90 Å². The second kappa shape index (κ2) is 4.73. The molecule has 0 bridgehead atoms. The van der Waals surface area contributed by atoms with E-state index in [1.165, 1.54) is 5.56 Å². The average Bonchev–Trinajstić information content (AvgIpc) is 2.24. The van der Waals surface area contributed by atoms with Crippen molar-refractivity contribution in [3.63, 3.8) is 0 Å².